The molecule has 4 rings (SSSR count). The summed E-state index contributed by atoms with van der Waals surface area (Å²) in [5.74, 6) is -0.747. The number of aromatic nitrogens is 6. The van der Waals surface area contributed by atoms with Crippen LogP contribution in [0.2, 0.25) is 0 Å². The molecule has 1 unspecified atom stereocenters. The van der Waals surface area contributed by atoms with E-state index < -0.39 is 17.7 Å². The van der Waals surface area contributed by atoms with Crippen molar-refractivity contribution in [1.29, 1.82) is 0 Å². The average Bonchev–Trinajstić information content (AvgIpc) is 3.19. The van der Waals surface area contributed by atoms with Crippen molar-refractivity contribution >= 4 is 23.7 Å². The van der Waals surface area contributed by atoms with Gasteiger partial charge in [-0.2, -0.15) is 15.0 Å². The number of hydrogen-bond acceptors (Lipinski definition) is 10. The largest absolute Gasteiger partial charge is 0.382 e. The van der Waals surface area contributed by atoms with Gasteiger partial charge in [-0.15, -0.1) is 0 Å². The Kier molecular flexibility index (Phi) is 6.60. The molecule has 0 aromatic carbocycles. The highest BCUT2D eigenvalue weighted by molar-refractivity contribution is 5.57. The molecule has 0 amide bonds. The molecule has 1 aliphatic heterocycles. The van der Waals surface area contributed by atoms with E-state index in [1.807, 2.05) is 11.8 Å². The Morgan fingerprint density at radius 3 is 2.79 bits per heavy atom. The van der Waals surface area contributed by atoms with Crippen molar-refractivity contribution in [2.24, 2.45) is 7.05 Å². The van der Waals surface area contributed by atoms with Gasteiger partial charge in [0.25, 0.3) is 0 Å². The normalized spacial score (nSPS) is 17.2. The summed E-state index contributed by atoms with van der Waals surface area (Å²) in [5.41, 5.74) is 5.99. The van der Waals surface area contributed by atoms with E-state index in [-0.39, 0.29) is 30.3 Å². The van der Waals surface area contributed by atoms with Gasteiger partial charge in [0.15, 0.2) is 5.82 Å². The third-order valence-electron chi connectivity index (χ3n) is 5.09. The SMILES string of the molecule is COC[C@@H](c1ncc(F)cc1F)N(c1cn(C)cn1)c1nc(N)nc(N2CCOC(C)C2)n1. The van der Waals surface area contributed by atoms with E-state index in [0.717, 1.165) is 12.3 Å². The summed E-state index contributed by atoms with van der Waals surface area (Å²) in [7, 11) is 3.26. The summed E-state index contributed by atoms with van der Waals surface area (Å²) < 4.78 is 41.0. The van der Waals surface area contributed by atoms with Crippen LogP contribution in [-0.2, 0) is 16.5 Å². The molecule has 11 nitrogen and oxygen atoms in total. The van der Waals surface area contributed by atoms with Crippen LogP contribution >= 0.6 is 0 Å². The molecule has 2 atom stereocenters. The second-order valence-electron chi connectivity index (χ2n) is 7.68. The van der Waals surface area contributed by atoms with Gasteiger partial charge in [-0.05, 0) is 6.92 Å². The smallest absolute Gasteiger partial charge is 0.238 e. The van der Waals surface area contributed by atoms with Crippen molar-refractivity contribution < 1.29 is 18.3 Å². The van der Waals surface area contributed by atoms with Gasteiger partial charge in [0.05, 0.1) is 31.8 Å². The molecule has 0 bridgehead atoms. The van der Waals surface area contributed by atoms with Crippen LogP contribution in [0.25, 0.3) is 0 Å². The number of aryl methyl sites for hydroxylation is 1. The van der Waals surface area contributed by atoms with E-state index in [0.29, 0.717) is 31.5 Å². The Bertz CT molecular complexity index is 1110. The van der Waals surface area contributed by atoms with Gasteiger partial charge in [-0.25, -0.2) is 13.8 Å². The van der Waals surface area contributed by atoms with E-state index >= 15 is 0 Å². The zero-order valence-corrected chi connectivity index (χ0v) is 18.5. The van der Waals surface area contributed by atoms with Crippen LogP contribution in [0.5, 0.6) is 0 Å². The van der Waals surface area contributed by atoms with E-state index in [4.69, 9.17) is 15.2 Å². The Morgan fingerprint density at radius 1 is 1.30 bits per heavy atom. The van der Waals surface area contributed by atoms with Gasteiger partial charge in [-0.1, -0.05) is 0 Å². The highest BCUT2D eigenvalue weighted by Gasteiger charge is 2.32. The number of anilines is 4. The molecule has 3 aromatic heterocycles. The topological polar surface area (TPSA) is 120 Å². The average molecular weight is 461 g/mol. The fourth-order valence-corrected chi connectivity index (χ4v) is 3.65. The quantitative estimate of drug-likeness (QED) is 0.555. The van der Waals surface area contributed by atoms with Crippen molar-refractivity contribution in [1.82, 2.24) is 29.5 Å². The van der Waals surface area contributed by atoms with E-state index in [1.165, 1.54) is 7.11 Å². The fourth-order valence-electron chi connectivity index (χ4n) is 3.65. The monoisotopic (exact) mass is 461 g/mol. The maximum absolute atomic E-state index is 14.8. The van der Waals surface area contributed by atoms with E-state index in [1.54, 1.807) is 29.0 Å². The van der Waals surface area contributed by atoms with Crippen LogP contribution in [0.1, 0.15) is 18.7 Å². The summed E-state index contributed by atoms with van der Waals surface area (Å²) in [4.78, 5) is 25.1. The third-order valence-corrected chi connectivity index (χ3v) is 5.09. The number of pyridine rings is 1. The molecular weight excluding hydrogens is 436 g/mol. The van der Waals surface area contributed by atoms with Crippen LogP contribution in [0.3, 0.4) is 0 Å². The third kappa shape index (κ3) is 4.98. The fraction of sp³-hybridized carbons (Fsp3) is 0.450. The van der Waals surface area contributed by atoms with E-state index in [2.05, 4.69) is 24.9 Å². The first-order valence-corrected chi connectivity index (χ1v) is 10.3. The minimum atomic E-state index is -0.872. The number of nitrogens with two attached hydrogens (primary N) is 1. The number of ether oxygens (including phenoxy) is 2. The molecule has 0 saturated carbocycles. The first kappa shape index (κ1) is 22.7. The van der Waals surface area contributed by atoms with Crippen LogP contribution in [0.15, 0.2) is 24.8 Å². The standard InChI is InChI=1S/C20H25F2N9O2/c1-12-8-30(4-5-33-12)19-26-18(23)27-20(28-19)31(16-9-29(2)11-25-16)15(10-32-3)17-14(22)6-13(21)7-24-17/h6-7,9,11-12,15H,4-5,8,10H2,1-3H3,(H2,23,26,27,28)/t12?,15-/m0/s1. The molecule has 4 heterocycles. The highest BCUT2D eigenvalue weighted by Crippen LogP contribution is 2.33. The summed E-state index contributed by atoms with van der Waals surface area (Å²) in [6, 6.07) is -0.104. The molecule has 2 N–H and O–H groups in total. The van der Waals surface area contributed by atoms with Gasteiger partial charge in [0, 0.05) is 39.5 Å². The second kappa shape index (κ2) is 9.58. The van der Waals surface area contributed by atoms with Crippen molar-refractivity contribution in [3.05, 3.63) is 42.1 Å². The van der Waals surface area contributed by atoms with Crippen molar-refractivity contribution in [2.45, 2.75) is 19.1 Å². The predicted molar refractivity (Wildman–Crippen MR) is 116 cm³/mol. The number of nitrogen functional groups attached to an aromatic ring is 1. The molecule has 33 heavy (non-hydrogen) atoms. The Hall–Kier alpha value is -3.45. The lowest BCUT2D eigenvalue weighted by Crippen LogP contribution is -2.42. The molecule has 176 valence electrons. The van der Waals surface area contributed by atoms with Crippen LogP contribution < -0.4 is 15.5 Å². The number of imidazole rings is 1. The second-order valence-corrected chi connectivity index (χ2v) is 7.68. The number of rotatable bonds is 7. The zero-order valence-electron chi connectivity index (χ0n) is 18.5. The zero-order chi connectivity index (χ0) is 23.5. The molecule has 0 radical (unpaired) electrons. The number of methoxy groups -OCH3 is 1. The number of morpholine rings is 1. The Balaban J connectivity index is 1.83. The van der Waals surface area contributed by atoms with Gasteiger partial charge in [-0.3, -0.25) is 9.88 Å². The van der Waals surface area contributed by atoms with Crippen molar-refractivity contribution in [3.63, 3.8) is 0 Å². The summed E-state index contributed by atoms with van der Waals surface area (Å²) >= 11 is 0. The molecule has 1 fully saturated rings. The maximum Gasteiger partial charge on any atom is 0.238 e. The maximum atomic E-state index is 14.8. The Labute approximate surface area is 189 Å². The van der Waals surface area contributed by atoms with Crippen molar-refractivity contribution in [2.75, 3.05) is 48.9 Å². The molecule has 3 aromatic rings. The summed E-state index contributed by atoms with van der Waals surface area (Å²) in [6.07, 6.45) is 4.22. The minimum absolute atomic E-state index is 0.00849. The lowest BCUT2D eigenvalue weighted by atomic mass is 10.1. The predicted octanol–water partition coefficient (Wildman–Crippen LogP) is 1.61. The van der Waals surface area contributed by atoms with Gasteiger partial charge < -0.3 is 24.7 Å². The highest BCUT2D eigenvalue weighted by atomic mass is 19.1. The van der Waals surface area contributed by atoms with Gasteiger partial charge >= 0.3 is 0 Å². The molecule has 13 heteroatoms. The molecular formula is C20H25F2N9O2. The molecule has 0 aliphatic carbocycles. The lowest BCUT2D eigenvalue weighted by molar-refractivity contribution is 0.0526. The molecule has 0 spiro atoms. The van der Waals surface area contributed by atoms with Gasteiger partial charge in [0.1, 0.15) is 23.4 Å². The van der Waals surface area contributed by atoms with E-state index in [9.17, 15) is 8.78 Å². The van der Waals surface area contributed by atoms with Crippen LogP contribution in [0, 0.1) is 11.6 Å². The summed E-state index contributed by atoms with van der Waals surface area (Å²) in [5, 5.41) is 0. The molecule has 1 saturated heterocycles. The van der Waals surface area contributed by atoms with Gasteiger partial charge in [0.2, 0.25) is 17.8 Å². The van der Waals surface area contributed by atoms with Crippen LogP contribution in [0.4, 0.5) is 32.4 Å². The first-order chi connectivity index (χ1) is 15.9. The number of nitrogens with zero attached hydrogens (tertiary/aromatic N) is 8. The first-order valence-electron chi connectivity index (χ1n) is 10.3. The van der Waals surface area contributed by atoms with Crippen LogP contribution in [-0.4, -0.2) is 69.0 Å². The Morgan fingerprint density at radius 2 is 2.12 bits per heavy atom. The minimum Gasteiger partial charge on any atom is -0.382 e. The molecule has 1 aliphatic rings. The summed E-state index contributed by atoms with van der Waals surface area (Å²) in [6.45, 7) is 3.61. The number of hydrogen-bond donors (Lipinski definition) is 1. The lowest BCUT2D eigenvalue weighted by Gasteiger charge is -2.33. The number of halogens is 2. The van der Waals surface area contributed by atoms with Crippen molar-refractivity contribution in [3.8, 4) is 0 Å².